The minimum atomic E-state index is -5.75. The van der Waals surface area contributed by atoms with Gasteiger partial charge in [0, 0.05) is 19.8 Å². The summed E-state index contributed by atoms with van der Waals surface area (Å²) < 4.78 is 69.7. The van der Waals surface area contributed by atoms with Gasteiger partial charge >= 0.3 is 12.1 Å². The first-order chi connectivity index (χ1) is 11.1. The predicted molar refractivity (Wildman–Crippen MR) is 78.8 cm³/mol. The molecule has 0 saturated heterocycles. The number of amidine groups is 1. The van der Waals surface area contributed by atoms with Crippen LogP contribution < -0.4 is 15.1 Å². The summed E-state index contributed by atoms with van der Waals surface area (Å²) in [5.41, 5.74) is 2.45. The van der Waals surface area contributed by atoms with E-state index >= 15 is 0 Å². The minimum Gasteiger partial charge on any atom is -0.497 e. The number of nitrogens with one attached hydrogen (secondary N) is 1. The number of anilines is 1. The number of rotatable bonds is 4. The first kappa shape index (κ1) is 17.8. The Balaban J connectivity index is 2.34. The molecule has 0 radical (unpaired) electrons. The van der Waals surface area contributed by atoms with Crippen LogP contribution in [0.5, 0.6) is 5.75 Å². The molecule has 0 spiro atoms. The molecule has 1 heterocycles. The highest BCUT2D eigenvalue weighted by molar-refractivity contribution is 5.91. The van der Waals surface area contributed by atoms with Crippen molar-refractivity contribution < 1.29 is 26.7 Å². The summed E-state index contributed by atoms with van der Waals surface area (Å²) in [6, 6.07) is 6.51. The molecule has 5 nitrogen and oxygen atoms in total. The summed E-state index contributed by atoms with van der Waals surface area (Å²) in [7, 11) is 4.28. The van der Waals surface area contributed by atoms with Gasteiger partial charge in [-0.05, 0) is 24.3 Å². The predicted octanol–water partition coefficient (Wildman–Crippen LogP) is 2.98. The Hall–Kier alpha value is -2.52. The van der Waals surface area contributed by atoms with Crippen LogP contribution in [0.4, 0.5) is 27.6 Å². The fourth-order valence-electron chi connectivity index (χ4n) is 1.92. The minimum absolute atomic E-state index is 0.0830. The lowest BCUT2D eigenvalue weighted by atomic mass is 10.2. The molecule has 0 saturated carbocycles. The summed E-state index contributed by atoms with van der Waals surface area (Å²) >= 11 is 0. The highest BCUT2D eigenvalue weighted by Crippen LogP contribution is 2.37. The number of nitrogens with zero attached hydrogens (tertiary/aromatic N) is 3. The largest absolute Gasteiger partial charge is 0.497 e. The van der Waals surface area contributed by atoms with E-state index in [-0.39, 0.29) is 5.82 Å². The van der Waals surface area contributed by atoms with Gasteiger partial charge in [-0.3, -0.25) is 10.4 Å². The first-order valence-corrected chi connectivity index (χ1v) is 6.69. The van der Waals surface area contributed by atoms with Crippen LogP contribution in [0.25, 0.3) is 0 Å². The second-order valence-electron chi connectivity index (χ2n) is 5.00. The summed E-state index contributed by atoms with van der Waals surface area (Å²) in [6.45, 7) is 0. The van der Waals surface area contributed by atoms with Gasteiger partial charge in [0.1, 0.15) is 5.75 Å². The molecule has 1 aliphatic heterocycles. The topological polar surface area (TPSA) is 40.1 Å². The molecule has 0 unspecified atom stereocenters. The smallest absolute Gasteiger partial charge is 0.461 e. The van der Waals surface area contributed by atoms with E-state index < -0.39 is 17.9 Å². The molecule has 0 aromatic heterocycles. The Morgan fingerprint density at radius 1 is 1.12 bits per heavy atom. The molecule has 1 N–H and O–H groups in total. The van der Waals surface area contributed by atoms with Gasteiger partial charge in [0.25, 0.3) is 0 Å². The van der Waals surface area contributed by atoms with Crippen molar-refractivity contribution in [2.24, 2.45) is 4.99 Å². The molecular weight excluding hydrogens is 335 g/mol. The number of aliphatic imine (C=N–C) groups is 1. The molecule has 2 rings (SSSR count). The van der Waals surface area contributed by atoms with E-state index in [1.165, 1.54) is 32.3 Å². The molecule has 0 fully saturated rings. The Labute approximate surface area is 135 Å². The lowest BCUT2D eigenvalue weighted by Crippen LogP contribution is -2.55. The van der Waals surface area contributed by atoms with E-state index in [0.717, 1.165) is 5.01 Å². The van der Waals surface area contributed by atoms with E-state index in [9.17, 15) is 22.0 Å². The van der Waals surface area contributed by atoms with Gasteiger partial charge in [-0.25, -0.2) is 4.99 Å². The number of methoxy groups -OCH3 is 1. The van der Waals surface area contributed by atoms with Crippen molar-refractivity contribution in [2.75, 3.05) is 26.1 Å². The number of hydrazine groups is 1. The summed E-state index contributed by atoms with van der Waals surface area (Å²) in [4.78, 5) is 4.82. The van der Waals surface area contributed by atoms with Crippen molar-refractivity contribution in [3.8, 4) is 5.75 Å². The van der Waals surface area contributed by atoms with Crippen LogP contribution in [0, 0.1) is 0 Å². The Bertz CT molecular complexity index is 654. The number of benzene rings is 1. The van der Waals surface area contributed by atoms with E-state index in [0.29, 0.717) is 11.4 Å². The second-order valence-corrected chi connectivity index (χ2v) is 5.00. The van der Waals surface area contributed by atoms with Crippen molar-refractivity contribution in [2.45, 2.75) is 12.1 Å². The number of halogens is 5. The Morgan fingerprint density at radius 2 is 1.71 bits per heavy atom. The third-order valence-corrected chi connectivity index (χ3v) is 3.27. The zero-order valence-corrected chi connectivity index (χ0v) is 13.0. The summed E-state index contributed by atoms with van der Waals surface area (Å²) in [5, 5.41) is 0.983. The van der Waals surface area contributed by atoms with Crippen molar-refractivity contribution in [3.05, 3.63) is 36.3 Å². The van der Waals surface area contributed by atoms with Crippen molar-refractivity contribution in [1.29, 1.82) is 0 Å². The van der Waals surface area contributed by atoms with Gasteiger partial charge in [-0.1, -0.05) is 0 Å². The van der Waals surface area contributed by atoms with Gasteiger partial charge in [0.15, 0.2) is 5.82 Å². The van der Waals surface area contributed by atoms with Crippen LogP contribution >= 0.6 is 0 Å². The van der Waals surface area contributed by atoms with E-state index in [4.69, 9.17) is 4.74 Å². The van der Waals surface area contributed by atoms with Crippen molar-refractivity contribution in [1.82, 2.24) is 10.4 Å². The number of ether oxygens (including phenoxy) is 1. The van der Waals surface area contributed by atoms with Crippen LogP contribution in [0.15, 0.2) is 41.3 Å². The molecule has 132 valence electrons. The molecule has 24 heavy (non-hydrogen) atoms. The lowest BCUT2D eigenvalue weighted by Gasteiger charge is -2.32. The molecule has 0 aliphatic carbocycles. The maximum Gasteiger partial charge on any atom is 0.461 e. The zero-order chi connectivity index (χ0) is 18.1. The monoisotopic (exact) mass is 350 g/mol. The van der Waals surface area contributed by atoms with E-state index in [2.05, 4.69) is 4.99 Å². The highest BCUT2D eigenvalue weighted by Gasteiger charge is 2.62. The van der Waals surface area contributed by atoms with Gasteiger partial charge in [-0.2, -0.15) is 22.0 Å². The Morgan fingerprint density at radius 3 is 2.21 bits per heavy atom. The molecule has 10 heteroatoms. The molecule has 1 aliphatic rings. The molecule has 1 aromatic carbocycles. The van der Waals surface area contributed by atoms with Gasteiger partial charge in [-0.15, -0.1) is 0 Å². The fourth-order valence-corrected chi connectivity index (χ4v) is 1.92. The normalized spacial score (nSPS) is 15.4. The summed E-state index contributed by atoms with van der Waals surface area (Å²) in [5.74, 6) is -6.09. The molecule has 0 amide bonds. The highest BCUT2D eigenvalue weighted by atomic mass is 19.4. The van der Waals surface area contributed by atoms with E-state index in [1.54, 1.807) is 24.3 Å². The van der Waals surface area contributed by atoms with Gasteiger partial charge in [0.05, 0.1) is 13.3 Å². The zero-order valence-electron chi connectivity index (χ0n) is 13.0. The molecular formula is C14H15F5N4O. The quantitative estimate of drug-likeness (QED) is 0.848. The average molecular weight is 350 g/mol. The second kappa shape index (κ2) is 6.17. The van der Waals surface area contributed by atoms with Gasteiger partial charge < -0.3 is 9.64 Å². The van der Waals surface area contributed by atoms with Crippen LogP contribution in [-0.4, -0.2) is 44.1 Å². The number of hydrogen-bond acceptors (Lipinski definition) is 5. The number of hydrogen-bond donors (Lipinski definition) is 1. The number of alkyl halides is 5. The van der Waals surface area contributed by atoms with E-state index in [1.807, 2.05) is 5.43 Å². The maximum atomic E-state index is 13.5. The summed E-state index contributed by atoms with van der Waals surface area (Å²) in [6.07, 6.45) is -4.46. The molecule has 1 aromatic rings. The van der Waals surface area contributed by atoms with Crippen LogP contribution in [0.2, 0.25) is 0 Å². The fraction of sp³-hybridized carbons (Fsp3) is 0.357. The van der Waals surface area contributed by atoms with Crippen LogP contribution in [0.1, 0.15) is 0 Å². The third-order valence-electron chi connectivity index (χ3n) is 3.27. The van der Waals surface area contributed by atoms with Crippen LogP contribution in [0.3, 0.4) is 0 Å². The first-order valence-electron chi connectivity index (χ1n) is 6.69. The van der Waals surface area contributed by atoms with Crippen molar-refractivity contribution in [3.63, 3.8) is 0 Å². The van der Waals surface area contributed by atoms with Crippen LogP contribution in [-0.2, 0) is 0 Å². The van der Waals surface area contributed by atoms with Gasteiger partial charge in [0.2, 0.25) is 5.84 Å². The standard InChI is InChI=1S/C14H15F5N4O/c1-22-8-11(20-12(21-22)13(15,16)14(17,18)19)23(2)9-4-6-10(24-3)7-5-9/h4-8H,1-3H3,(H,20,21). The average Bonchev–Trinajstić information content (AvgIpc) is 2.52. The van der Waals surface area contributed by atoms with Crippen molar-refractivity contribution >= 4 is 11.5 Å². The molecule has 0 atom stereocenters. The molecule has 0 bridgehead atoms. The lowest BCUT2D eigenvalue weighted by molar-refractivity contribution is -0.251. The third kappa shape index (κ3) is 3.36. The Kier molecular flexibility index (Phi) is 4.59. The maximum absolute atomic E-state index is 13.5. The SMILES string of the molecule is COc1ccc(N(C)C2=CN(C)NC(C(F)(F)C(F)(F)F)=N2)cc1.